The minimum Gasteiger partial charge on any atom is -0.352 e. The topological polar surface area (TPSA) is 41.1 Å². The van der Waals surface area contributed by atoms with Gasteiger partial charge in [0.05, 0.1) is 5.56 Å². The molecule has 2 aromatic heterocycles. The lowest BCUT2D eigenvalue weighted by Gasteiger charge is -2.25. The molecule has 3 aromatic rings. The third kappa shape index (κ3) is 2.14. The van der Waals surface area contributed by atoms with Crippen LogP contribution in [-0.2, 0) is 0 Å². The Hall–Kier alpha value is -2.11. The maximum atomic E-state index is 12.5. The van der Waals surface area contributed by atoms with Crippen LogP contribution in [0.25, 0.3) is 11.1 Å². The Labute approximate surface area is 130 Å². The Bertz CT molecular complexity index is 778. The highest BCUT2D eigenvalue weighted by molar-refractivity contribution is 7.15. The van der Waals surface area contributed by atoms with Crippen molar-refractivity contribution in [3.05, 3.63) is 63.7 Å². The number of fused-ring (bicyclic) bond motifs is 1. The van der Waals surface area contributed by atoms with Gasteiger partial charge in [-0.15, -0.1) is 22.7 Å². The fourth-order valence-corrected chi connectivity index (χ4v) is 4.21. The zero-order valence-corrected chi connectivity index (χ0v) is 12.6. The van der Waals surface area contributed by atoms with Gasteiger partial charge in [0.1, 0.15) is 11.2 Å². The zero-order valence-electron chi connectivity index (χ0n) is 11.0. The van der Waals surface area contributed by atoms with E-state index in [1.807, 2.05) is 53.2 Å². The molecule has 1 aliphatic rings. The predicted octanol–water partition coefficient (Wildman–Crippen LogP) is 4.33. The third-order valence-corrected chi connectivity index (χ3v) is 5.33. The van der Waals surface area contributed by atoms with Gasteiger partial charge in [0, 0.05) is 15.8 Å². The summed E-state index contributed by atoms with van der Waals surface area (Å²) in [6.07, 6.45) is -0.132. The lowest BCUT2D eigenvalue weighted by Crippen LogP contribution is -2.37. The van der Waals surface area contributed by atoms with Crippen LogP contribution in [0.15, 0.2) is 53.2 Å². The summed E-state index contributed by atoms with van der Waals surface area (Å²) in [6, 6.07) is 14.0. The summed E-state index contributed by atoms with van der Waals surface area (Å²) >= 11 is 3.22. The molecular weight excluding hydrogens is 300 g/mol. The molecule has 2 N–H and O–H groups in total. The smallest absolute Gasteiger partial charge is 0.256 e. The van der Waals surface area contributed by atoms with E-state index in [0.717, 1.165) is 26.6 Å². The average Bonchev–Trinajstić information content (AvgIpc) is 3.17. The van der Waals surface area contributed by atoms with E-state index < -0.39 is 0 Å². The second-order valence-electron chi connectivity index (χ2n) is 4.79. The van der Waals surface area contributed by atoms with Crippen LogP contribution in [-0.4, -0.2) is 5.91 Å². The molecule has 104 valence electrons. The van der Waals surface area contributed by atoms with E-state index in [0.29, 0.717) is 0 Å². The Morgan fingerprint density at radius 1 is 0.952 bits per heavy atom. The van der Waals surface area contributed by atoms with E-state index in [-0.39, 0.29) is 12.1 Å². The lowest BCUT2D eigenvalue weighted by atomic mass is 10.0. The maximum Gasteiger partial charge on any atom is 0.256 e. The number of hydrogen-bond acceptors (Lipinski definition) is 4. The predicted molar refractivity (Wildman–Crippen MR) is 87.9 cm³/mol. The number of thiophene rings is 2. The molecule has 21 heavy (non-hydrogen) atoms. The molecule has 0 unspecified atom stereocenters. The summed E-state index contributed by atoms with van der Waals surface area (Å²) in [7, 11) is 0. The van der Waals surface area contributed by atoms with Crippen molar-refractivity contribution in [2.45, 2.75) is 6.17 Å². The molecule has 1 aliphatic heterocycles. The molecule has 5 heteroatoms. The van der Waals surface area contributed by atoms with Crippen molar-refractivity contribution in [2.24, 2.45) is 0 Å². The SMILES string of the molecule is O=C1N[C@@H](c2cccs2)Nc2scc(-c3ccccc3)c21. The quantitative estimate of drug-likeness (QED) is 0.739. The van der Waals surface area contributed by atoms with Crippen LogP contribution in [0.3, 0.4) is 0 Å². The molecule has 1 aromatic carbocycles. The first-order valence-electron chi connectivity index (χ1n) is 6.60. The van der Waals surface area contributed by atoms with Gasteiger partial charge in [-0.1, -0.05) is 36.4 Å². The molecule has 0 saturated heterocycles. The van der Waals surface area contributed by atoms with Crippen molar-refractivity contribution >= 4 is 33.6 Å². The fourth-order valence-electron chi connectivity index (χ4n) is 2.49. The van der Waals surface area contributed by atoms with Gasteiger partial charge in [-0.3, -0.25) is 4.79 Å². The molecule has 1 amide bonds. The molecule has 3 heterocycles. The van der Waals surface area contributed by atoms with E-state index >= 15 is 0 Å². The van der Waals surface area contributed by atoms with Gasteiger partial charge in [-0.2, -0.15) is 0 Å². The summed E-state index contributed by atoms with van der Waals surface area (Å²) in [4.78, 5) is 13.6. The molecule has 0 radical (unpaired) electrons. The number of nitrogens with one attached hydrogen (secondary N) is 2. The Morgan fingerprint density at radius 3 is 2.57 bits per heavy atom. The number of rotatable bonds is 2. The molecule has 0 fully saturated rings. The molecule has 0 spiro atoms. The highest BCUT2D eigenvalue weighted by Crippen LogP contribution is 2.39. The van der Waals surface area contributed by atoms with Gasteiger partial charge in [0.2, 0.25) is 0 Å². The van der Waals surface area contributed by atoms with Crippen molar-refractivity contribution < 1.29 is 4.79 Å². The van der Waals surface area contributed by atoms with Crippen LogP contribution in [0.4, 0.5) is 5.00 Å². The van der Waals surface area contributed by atoms with E-state index in [9.17, 15) is 4.79 Å². The van der Waals surface area contributed by atoms with Gasteiger partial charge in [-0.25, -0.2) is 0 Å². The van der Waals surface area contributed by atoms with Crippen molar-refractivity contribution in [3.8, 4) is 11.1 Å². The Morgan fingerprint density at radius 2 is 1.81 bits per heavy atom. The molecule has 1 atom stereocenters. The number of hydrogen-bond donors (Lipinski definition) is 2. The van der Waals surface area contributed by atoms with E-state index in [1.54, 1.807) is 22.7 Å². The van der Waals surface area contributed by atoms with Crippen LogP contribution >= 0.6 is 22.7 Å². The van der Waals surface area contributed by atoms with Crippen molar-refractivity contribution in [1.29, 1.82) is 0 Å². The maximum absolute atomic E-state index is 12.5. The Kier molecular flexibility index (Phi) is 3.02. The average molecular weight is 312 g/mol. The summed E-state index contributed by atoms with van der Waals surface area (Å²) in [5.74, 6) is -0.0118. The number of anilines is 1. The number of amides is 1. The molecular formula is C16H12N2OS2. The van der Waals surface area contributed by atoms with Crippen LogP contribution in [0.2, 0.25) is 0 Å². The van der Waals surface area contributed by atoms with E-state index in [1.165, 1.54) is 0 Å². The first kappa shape index (κ1) is 12.6. The standard InChI is InChI=1S/C16H12N2OS2/c19-15-13-11(10-5-2-1-3-6-10)9-21-16(13)18-14(17-15)12-7-4-8-20-12/h1-9,14,18H,(H,17,19)/t14-/m1/s1. The second-order valence-corrected chi connectivity index (χ2v) is 6.64. The van der Waals surface area contributed by atoms with Crippen LogP contribution in [0, 0.1) is 0 Å². The normalized spacial score (nSPS) is 17.0. The molecule has 4 rings (SSSR count). The Balaban J connectivity index is 1.74. The fraction of sp³-hybridized carbons (Fsp3) is 0.0625. The largest absolute Gasteiger partial charge is 0.352 e. The van der Waals surface area contributed by atoms with Gasteiger partial charge in [0.25, 0.3) is 5.91 Å². The monoisotopic (exact) mass is 312 g/mol. The van der Waals surface area contributed by atoms with Gasteiger partial charge >= 0.3 is 0 Å². The summed E-state index contributed by atoms with van der Waals surface area (Å²) < 4.78 is 0. The molecule has 0 saturated carbocycles. The van der Waals surface area contributed by atoms with Gasteiger partial charge < -0.3 is 10.6 Å². The second kappa shape index (κ2) is 5.02. The van der Waals surface area contributed by atoms with E-state index in [2.05, 4.69) is 10.6 Å². The zero-order chi connectivity index (χ0) is 14.2. The number of carbonyl (C=O) groups is 1. The van der Waals surface area contributed by atoms with Crippen LogP contribution in [0.5, 0.6) is 0 Å². The van der Waals surface area contributed by atoms with Gasteiger partial charge in [0.15, 0.2) is 0 Å². The highest BCUT2D eigenvalue weighted by atomic mass is 32.1. The van der Waals surface area contributed by atoms with Crippen molar-refractivity contribution in [1.82, 2.24) is 5.32 Å². The van der Waals surface area contributed by atoms with Crippen molar-refractivity contribution in [3.63, 3.8) is 0 Å². The van der Waals surface area contributed by atoms with Crippen LogP contribution < -0.4 is 10.6 Å². The first-order valence-corrected chi connectivity index (χ1v) is 8.36. The lowest BCUT2D eigenvalue weighted by molar-refractivity contribution is 0.0938. The summed E-state index contributed by atoms with van der Waals surface area (Å²) in [5.41, 5.74) is 2.81. The number of benzene rings is 1. The third-order valence-electron chi connectivity index (χ3n) is 3.48. The van der Waals surface area contributed by atoms with Crippen LogP contribution in [0.1, 0.15) is 21.4 Å². The van der Waals surface area contributed by atoms with E-state index in [4.69, 9.17) is 0 Å². The molecule has 3 nitrogen and oxygen atoms in total. The van der Waals surface area contributed by atoms with Gasteiger partial charge in [-0.05, 0) is 17.0 Å². The number of carbonyl (C=O) groups excluding carboxylic acids is 1. The van der Waals surface area contributed by atoms with Crippen molar-refractivity contribution in [2.75, 3.05) is 5.32 Å². The first-order chi connectivity index (χ1) is 10.3. The minimum atomic E-state index is -0.132. The summed E-state index contributed by atoms with van der Waals surface area (Å²) in [6.45, 7) is 0. The highest BCUT2D eigenvalue weighted by Gasteiger charge is 2.29. The minimum absolute atomic E-state index is 0.0118. The molecule has 0 bridgehead atoms. The summed E-state index contributed by atoms with van der Waals surface area (Å²) in [5, 5.41) is 11.5. The molecule has 0 aliphatic carbocycles.